The van der Waals surface area contributed by atoms with Crippen molar-refractivity contribution in [3.8, 4) is 28.0 Å². The van der Waals surface area contributed by atoms with E-state index in [0.29, 0.717) is 22.1 Å². The lowest BCUT2D eigenvalue weighted by Crippen LogP contribution is -2.08. The summed E-state index contributed by atoms with van der Waals surface area (Å²) in [5, 5.41) is 10.7. The summed E-state index contributed by atoms with van der Waals surface area (Å²) in [7, 11) is 0. The summed E-state index contributed by atoms with van der Waals surface area (Å²) in [5.74, 6) is -0.449. The van der Waals surface area contributed by atoms with Crippen LogP contribution in [0.25, 0.3) is 33.2 Å². The standard InChI is InChI=1S/C20H13FN2O2/c21-14-8-6-12(7-9-14)15-10-16(24)19-18(20(25)23-11-22-19)17(15)13-4-2-1-3-5-13/h1-11,24H,(H,22,23,25). The number of rotatable bonds is 2. The second kappa shape index (κ2) is 5.87. The van der Waals surface area contributed by atoms with Crippen molar-refractivity contribution in [3.05, 3.63) is 83.2 Å². The molecule has 0 saturated heterocycles. The number of benzene rings is 3. The molecule has 2 N–H and O–H groups in total. The molecule has 0 fully saturated rings. The predicted molar refractivity (Wildman–Crippen MR) is 94.9 cm³/mol. The van der Waals surface area contributed by atoms with E-state index in [0.717, 1.165) is 5.56 Å². The molecule has 0 unspecified atom stereocenters. The number of aromatic hydroxyl groups is 1. The third-order valence-corrected chi connectivity index (χ3v) is 4.11. The Hall–Kier alpha value is -3.47. The van der Waals surface area contributed by atoms with Gasteiger partial charge in [-0.2, -0.15) is 0 Å². The first-order valence-corrected chi connectivity index (χ1v) is 7.70. The van der Waals surface area contributed by atoms with Gasteiger partial charge in [-0.25, -0.2) is 9.37 Å². The van der Waals surface area contributed by atoms with Crippen molar-refractivity contribution in [1.82, 2.24) is 9.97 Å². The lowest BCUT2D eigenvalue weighted by molar-refractivity contribution is 0.480. The molecule has 0 atom stereocenters. The molecule has 3 aromatic carbocycles. The largest absolute Gasteiger partial charge is 0.506 e. The molecule has 0 bridgehead atoms. The van der Waals surface area contributed by atoms with Gasteiger partial charge < -0.3 is 10.1 Å². The summed E-state index contributed by atoms with van der Waals surface area (Å²) in [4.78, 5) is 19.2. The summed E-state index contributed by atoms with van der Waals surface area (Å²) in [6, 6.07) is 16.9. The minimum Gasteiger partial charge on any atom is -0.506 e. The Morgan fingerprint density at radius 2 is 1.68 bits per heavy atom. The first kappa shape index (κ1) is 15.1. The number of hydrogen-bond donors (Lipinski definition) is 2. The number of hydrogen-bond acceptors (Lipinski definition) is 3. The summed E-state index contributed by atoms with van der Waals surface area (Å²) in [6.45, 7) is 0. The lowest BCUT2D eigenvalue weighted by Gasteiger charge is -2.14. The minimum atomic E-state index is -0.352. The molecule has 0 aliphatic heterocycles. The predicted octanol–water partition coefficient (Wildman–Crippen LogP) is 4.10. The van der Waals surface area contributed by atoms with Crippen molar-refractivity contribution in [2.24, 2.45) is 0 Å². The Bertz CT molecular complexity index is 1120. The summed E-state index contributed by atoms with van der Waals surface area (Å²) in [5.41, 5.74) is 2.67. The van der Waals surface area contributed by atoms with Crippen molar-refractivity contribution < 1.29 is 9.50 Å². The first-order chi connectivity index (χ1) is 12.1. The Morgan fingerprint density at radius 1 is 0.960 bits per heavy atom. The number of nitrogens with one attached hydrogen (secondary N) is 1. The van der Waals surface area contributed by atoms with Crippen LogP contribution in [0.3, 0.4) is 0 Å². The quantitative estimate of drug-likeness (QED) is 0.581. The summed E-state index contributed by atoms with van der Waals surface area (Å²) in [6.07, 6.45) is 1.26. The van der Waals surface area contributed by atoms with Crippen molar-refractivity contribution >= 4 is 10.9 Å². The molecular formula is C20H13FN2O2. The fourth-order valence-corrected chi connectivity index (χ4v) is 3.00. The van der Waals surface area contributed by atoms with Crippen LogP contribution >= 0.6 is 0 Å². The number of halogens is 1. The van der Waals surface area contributed by atoms with Crippen molar-refractivity contribution in [3.63, 3.8) is 0 Å². The Labute approximate surface area is 142 Å². The fourth-order valence-electron chi connectivity index (χ4n) is 3.00. The van der Waals surface area contributed by atoms with Crippen LogP contribution < -0.4 is 5.56 Å². The van der Waals surface area contributed by atoms with Crippen LogP contribution in [-0.2, 0) is 0 Å². The van der Waals surface area contributed by atoms with Gasteiger partial charge in [0.25, 0.3) is 5.56 Å². The van der Waals surface area contributed by atoms with Crippen molar-refractivity contribution in [2.75, 3.05) is 0 Å². The van der Waals surface area contributed by atoms with Gasteiger partial charge in [-0.15, -0.1) is 0 Å². The van der Waals surface area contributed by atoms with Crippen LogP contribution in [0.4, 0.5) is 4.39 Å². The molecule has 5 heteroatoms. The van der Waals surface area contributed by atoms with E-state index in [-0.39, 0.29) is 22.6 Å². The highest BCUT2D eigenvalue weighted by molar-refractivity contribution is 6.04. The highest BCUT2D eigenvalue weighted by Crippen LogP contribution is 2.40. The normalized spacial score (nSPS) is 10.9. The van der Waals surface area contributed by atoms with Crippen LogP contribution in [0.2, 0.25) is 0 Å². The van der Waals surface area contributed by atoms with E-state index < -0.39 is 0 Å². The van der Waals surface area contributed by atoms with Gasteiger partial charge >= 0.3 is 0 Å². The molecule has 4 nitrogen and oxygen atoms in total. The SMILES string of the molecule is O=c1[nH]cnc2c(O)cc(-c3ccc(F)cc3)c(-c3ccccc3)c12. The van der Waals surface area contributed by atoms with Crippen LogP contribution in [0.1, 0.15) is 0 Å². The van der Waals surface area contributed by atoms with E-state index in [1.807, 2.05) is 30.3 Å². The monoisotopic (exact) mass is 332 g/mol. The molecule has 0 aliphatic carbocycles. The molecule has 4 aromatic rings. The maximum absolute atomic E-state index is 13.3. The minimum absolute atomic E-state index is 0.0971. The smallest absolute Gasteiger partial charge is 0.259 e. The molecule has 0 radical (unpaired) electrons. The second-order valence-electron chi connectivity index (χ2n) is 5.65. The van der Waals surface area contributed by atoms with Gasteiger partial charge in [0, 0.05) is 5.56 Å². The zero-order chi connectivity index (χ0) is 17.4. The van der Waals surface area contributed by atoms with Crippen molar-refractivity contribution in [2.45, 2.75) is 0 Å². The third-order valence-electron chi connectivity index (χ3n) is 4.11. The van der Waals surface area contributed by atoms with E-state index in [4.69, 9.17) is 0 Å². The zero-order valence-electron chi connectivity index (χ0n) is 13.0. The van der Waals surface area contributed by atoms with Gasteiger partial charge in [0.1, 0.15) is 17.1 Å². The number of H-pyrrole nitrogens is 1. The highest BCUT2D eigenvalue weighted by atomic mass is 19.1. The van der Waals surface area contributed by atoms with Crippen molar-refractivity contribution in [1.29, 1.82) is 0 Å². The van der Waals surface area contributed by atoms with E-state index in [1.54, 1.807) is 18.2 Å². The van der Waals surface area contributed by atoms with E-state index in [1.165, 1.54) is 18.5 Å². The van der Waals surface area contributed by atoms with E-state index in [2.05, 4.69) is 9.97 Å². The second-order valence-corrected chi connectivity index (χ2v) is 5.65. The van der Waals surface area contributed by atoms with Crippen LogP contribution in [0.5, 0.6) is 5.75 Å². The Kier molecular flexibility index (Phi) is 3.54. The molecule has 122 valence electrons. The Morgan fingerprint density at radius 3 is 2.40 bits per heavy atom. The topological polar surface area (TPSA) is 66.0 Å². The van der Waals surface area contributed by atoms with Crippen LogP contribution in [0, 0.1) is 5.82 Å². The molecular weight excluding hydrogens is 319 g/mol. The molecule has 4 rings (SSSR count). The number of fused-ring (bicyclic) bond motifs is 1. The third kappa shape index (κ3) is 2.55. The molecule has 0 spiro atoms. The Balaban J connectivity index is 2.17. The lowest BCUT2D eigenvalue weighted by atomic mass is 9.91. The average Bonchev–Trinajstić information content (AvgIpc) is 2.64. The number of phenolic OH excluding ortho intramolecular Hbond substituents is 1. The first-order valence-electron chi connectivity index (χ1n) is 7.70. The van der Waals surface area contributed by atoms with Crippen LogP contribution in [-0.4, -0.2) is 15.1 Å². The maximum atomic E-state index is 13.3. The van der Waals surface area contributed by atoms with Gasteiger partial charge in [-0.3, -0.25) is 4.79 Å². The molecule has 1 heterocycles. The highest BCUT2D eigenvalue weighted by Gasteiger charge is 2.18. The molecule has 25 heavy (non-hydrogen) atoms. The number of nitrogens with zero attached hydrogens (tertiary/aromatic N) is 1. The number of phenols is 1. The molecule has 0 aliphatic rings. The molecule has 1 aromatic heterocycles. The summed E-state index contributed by atoms with van der Waals surface area (Å²) >= 11 is 0. The molecule has 0 amide bonds. The van der Waals surface area contributed by atoms with Gasteiger partial charge in [-0.1, -0.05) is 42.5 Å². The van der Waals surface area contributed by atoms with Gasteiger partial charge in [0.15, 0.2) is 0 Å². The maximum Gasteiger partial charge on any atom is 0.259 e. The zero-order valence-corrected chi connectivity index (χ0v) is 13.0. The van der Waals surface area contributed by atoms with E-state index in [9.17, 15) is 14.3 Å². The van der Waals surface area contributed by atoms with Gasteiger partial charge in [0.05, 0.1) is 11.7 Å². The van der Waals surface area contributed by atoms with E-state index >= 15 is 0 Å². The molecule has 0 saturated carbocycles. The number of aromatic amines is 1. The number of aromatic nitrogens is 2. The average molecular weight is 332 g/mol. The van der Waals surface area contributed by atoms with Gasteiger partial charge in [0.2, 0.25) is 0 Å². The van der Waals surface area contributed by atoms with Crippen LogP contribution in [0.15, 0.2) is 71.8 Å². The summed E-state index contributed by atoms with van der Waals surface area (Å²) < 4.78 is 13.3. The fraction of sp³-hybridized carbons (Fsp3) is 0. The van der Waals surface area contributed by atoms with Gasteiger partial charge in [-0.05, 0) is 34.9 Å².